The van der Waals surface area contributed by atoms with Crippen LogP contribution in [0.15, 0.2) is 42.5 Å². The second-order valence-electron chi connectivity index (χ2n) is 4.22. The van der Waals surface area contributed by atoms with Crippen molar-refractivity contribution in [3.05, 3.63) is 42.5 Å². The van der Waals surface area contributed by atoms with Gasteiger partial charge in [0.25, 0.3) is 0 Å². The number of methoxy groups -OCH3 is 1. The Kier molecular flexibility index (Phi) is 3.96. The predicted molar refractivity (Wildman–Crippen MR) is 79.5 cm³/mol. The SMILES string of the molecule is CO.COc1cc(O)cc2ccc3cc(O)ccc3c12. The van der Waals surface area contributed by atoms with Crippen LogP contribution in [0.25, 0.3) is 21.5 Å². The molecule has 3 aromatic rings. The summed E-state index contributed by atoms with van der Waals surface area (Å²) in [6, 6.07) is 12.3. The molecule has 0 aliphatic rings. The first-order valence-electron chi connectivity index (χ1n) is 6.06. The minimum absolute atomic E-state index is 0.178. The molecule has 3 rings (SSSR count). The van der Waals surface area contributed by atoms with Crippen LogP contribution in [0.5, 0.6) is 17.2 Å². The second kappa shape index (κ2) is 5.67. The number of aliphatic hydroxyl groups is 1. The van der Waals surface area contributed by atoms with Crippen molar-refractivity contribution in [2.75, 3.05) is 14.2 Å². The molecule has 0 heterocycles. The monoisotopic (exact) mass is 272 g/mol. The van der Waals surface area contributed by atoms with Crippen LogP contribution < -0.4 is 4.74 Å². The summed E-state index contributed by atoms with van der Waals surface area (Å²) in [5, 5.41) is 29.9. The van der Waals surface area contributed by atoms with Gasteiger partial charge in [-0.1, -0.05) is 12.1 Å². The summed E-state index contributed by atoms with van der Waals surface area (Å²) < 4.78 is 5.32. The van der Waals surface area contributed by atoms with E-state index in [4.69, 9.17) is 9.84 Å². The molecule has 0 radical (unpaired) electrons. The van der Waals surface area contributed by atoms with E-state index < -0.39 is 0 Å². The number of ether oxygens (including phenoxy) is 1. The molecule has 0 saturated carbocycles. The van der Waals surface area contributed by atoms with Crippen LogP contribution in [0, 0.1) is 0 Å². The number of rotatable bonds is 1. The largest absolute Gasteiger partial charge is 0.508 e. The van der Waals surface area contributed by atoms with E-state index >= 15 is 0 Å². The zero-order valence-corrected chi connectivity index (χ0v) is 11.3. The van der Waals surface area contributed by atoms with Crippen LogP contribution >= 0.6 is 0 Å². The van der Waals surface area contributed by atoms with Crippen molar-refractivity contribution in [2.24, 2.45) is 0 Å². The maximum absolute atomic E-state index is 9.64. The Balaban J connectivity index is 0.000000704. The molecule has 3 aromatic carbocycles. The number of benzene rings is 3. The number of aliphatic hydroxyl groups excluding tert-OH is 1. The molecule has 3 N–H and O–H groups in total. The van der Waals surface area contributed by atoms with Gasteiger partial charge in [0.05, 0.1) is 7.11 Å². The van der Waals surface area contributed by atoms with E-state index in [0.29, 0.717) is 5.75 Å². The van der Waals surface area contributed by atoms with Crippen molar-refractivity contribution >= 4 is 21.5 Å². The Morgan fingerprint density at radius 1 is 0.800 bits per heavy atom. The Hall–Kier alpha value is -2.46. The molecule has 0 bridgehead atoms. The van der Waals surface area contributed by atoms with E-state index in [0.717, 1.165) is 28.7 Å². The highest BCUT2D eigenvalue weighted by atomic mass is 16.5. The summed E-state index contributed by atoms with van der Waals surface area (Å²) in [4.78, 5) is 0. The molecule has 4 nitrogen and oxygen atoms in total. The van der Waals surface area contributed by atoms with Crippen molar-refractivity contribution in [1.82, 2.24) is 0 Å². The average molecular weight is 272 g/mol. The van der Waals surface area contributed by atoms with E-state index in [1.807, 2.05) is 18.2 Å². The van der Waals surface area contributed by atoms with Crippen molar-refractivity contribution in [1.29, 1.82) is 0 Å². The topological polar surface area (TPSA) is 69.9 Å². The molecule has 0 aromatic heterocycles. The third-order valence-corrected chi connectivity index (χ3v) is 3.08. The molecule has 0 unspecified atom stereocenters. The van der Waals surface area contributed by atoms with Gasteiger partial charge in [0.15, 0.2) is 0 Å². The van der Waals surface area contributed by atoms with Crippen LogP contribution in [0.4, 0.5) is 0 Å². The minimum atomic E-state index is 0.178. The molecule has 0 aliphatic carbocycles. The highest BCUT2D eigenvalue weighted by Gasteiger charge is 2.08. The summed E-state index contributed by atoms with van der Waals surface area (Å²) in [6.07, 6.45) is 0. The van der Waals surface area contributed by atoms with Gasteiger partial charge < -0.3 is 20.1 Å². The van der Waals surface area contributed by atoms with E-state index in [9.17, 15) is 10.2 Å². The molecule has 0 saturated heterocycles. The zero-order chi connectivity index (χ0) is 14.7. The average Bonchev–Trinajstić information content (AvgIpc) is 2.47. The van der Waals surface area contributed by atoms with Gasteiger partial charge >= 0.3 is 0 Å². The molecule has 0 atom stereocenters. The fourth-order valence-electron chi connectivity index (χ4n) is 2.30. The number of hydrogen-bond acceptors (Lipinski definition) is 4. The van der Waals surface area contributed by atoms with E-state index in [1.165, 1.54) is 0 Å². The van der Waals surface area contributed by atoms with Gasteiger partial charge in [-0.15, -0.1) is 0 Å². The fraction of sp³-hybridized carbons (Fsp3) is 0.125. The van der Waals surface area contributed by atoms with Crippen LogP contribution in [0.1, 0.15) is 0 Å². The van der Waals surface area contributed by atoms with Gasteiger partial charge in [0, 0.05) is 18.6 Å². The third kappa shape index (κ3) is 2.33. The second-order valence-corrected chi connectivity index (χ2v) is 4.22. The first-order chi connectivity index (χ1) is 9.69. The molecule has 20 heavy (non-hydrogen) atoms. The van der Waals surface area contributed by atoms with Crippen LogP contribution in [0.3, 0.4) is 0 Å². The maximum atomic E-state index is 9.64. The summed E-state index contributed by atoms with van der Waals surface area (Å²) >= 11 is 0. The lowest BCUT2D eigenvalue weighted by Gasteiger charge is -2.10. The Morgan fingerprint density at radius 3 is 2.15 bits per heavy atom. The molecule has 0 amide bonds. The molecule has 0 aliphatic heterocycles. The molecular formula is C16H16O4. The van der Waals surface area contributed by atoms with Crippen molar-refractivity contribution in [3.63, 3.8) is 0 Å². The Morgan fingerprint density at radius 2 is 1.45 bits per heavy atom. The standard InChI is InChI=1S/C15H12O3.CH4O/c1-18-14-8-12(17)7-10-3-2-9-6-11(16)4-5-13(9)15(10)14;1-2/h2-8,16-17H,1H3;2H,1H3. The smallest absolute Gasteiger partial charge is 0.130 e. The predicted octanol–water partition coefficient (Wildman–Crippen LogP) is 3.02. The first-order valence-corrected chi connectivity index (χ1v) is 6.06. The lowest BCUT2D eigenvalue weighted by atomic mass is 10.0. The molecule has 104 valence electrons. The van der Waals surface area contributed by atoms with Gasteiger partial charge in [-0.05, 0) is 40.4 Å². The van der Waals surface area contributed by atoms with Crippen molar-refractivity contribution < 1.29 is 20.1 Å². The van der Waals surface area contributed by atoms with Gasteiger partial charge in [-0.3, -0.25) is 0 Å². The van der Waals surface area contributed by atoms with Gasteiger partial charge in [0.1, 0.15) is 17.2 Å². The molecule has 0 fully saturated rings. The van der Waals surface area contributed by atoms with Crippen LogP contribution in [-0.2, 0) is 0 Å². The van der Waals surface area contributed by atoms with Gasteiger partial charge in [-0.2, -0.15) is 0 Å². The lowest BCUT2D eigenvalue weighted by Crippen LogP contribution is -1.86. The fourth-order valence-corrected chi connectivity index (χ4v) is 2.30. The number of aromatic hydroxyl groups is 2. The number of hydrogen-bond donors (Lipinski definition) is 3. The van der Waals surface area contributed by atoms with Crippen LogP contribution in [0.2, 0.25) is 0 Å². The Bertz CT molecular complexity index is 750. The van der Waals surface area contributed by atoms with E-state index in [1.54, 1.807) is 31.4 Å². The number of phenolic OH excluding ortho intramolecular Hbond substituents is 2. The van der Waals surface area contributed by atoms with Crippen molar-refractivity contribution in [3.8, 4) is 17.2 Å². The lowest BCUT2D eigenvalue weighted by molar-refractivity contribution is 0.399. The maximum Gasteiger partial charge on any atom is 0.130 e. The third-order valence-electron chi connectivity index (χ3n) is 3.08. The number of fused-ring (bicyclic) bond motifs is 3. The summed E-state index contributed by atoms with van der Waals surface area (Å²) in [5.74, 6) is 1.04. The van der Waals surface area contributed by atoms with Gasteiger partial charge in [0.2, 0.25) is 0 Å². The summed E-state index contributed by atoms with van der Waals surface area (Å²) in [6.45, 7) is 0. The van der Waals surface area contributed by atoms with E-state index in [2.05, 4.69) is 0 Å². The normalized spacial score (nSPS) is 10.2. The van der Waals surface area contributed by atoms with Gasteiger partial charge in [-0.25, -0.2) is 0 Å². The summed E-state index contributed by atoms with van der Waals surface area (Å²) in [5.41, 5.74) is 0. The Labute approximate surface area is 116 Å². The first kappa shape index (κ1) is 14.0. The quantitative estimate of drug-likeness (QED) is 0.595. The number of phenols is 2. The van der Waals surface area contributed by atoms with E-state index in [-0.39, 0.29) is 11.5 Å². The van der Waals surface area contributed by atoms with Crippen LogP contribution in [-0.4, -0.2) is 29.5 Å². The molecule has 0 spiro atoms. The summed E-state index contributed by atoms with van der Waals surface area (Å²) in [7, 11) is 2.58. The zero-order valence-electron chi connectivity index (χ0n) is 11.3. The highest BCUT2D eigenvalue weighted by molar-refractivity contribution is 6.11. The molecule has 4 heteroatoms. The highest BCUT2D eigenvalue weighted by Crippen LogP contribution is 2.36. The van der Waals surface area contributed by atoms with Crippen molar-refractivity contribution in [2.45, 2.75) is 0 Å². The minimum Gasteiger partial charge on any atom is -0.508 e. The molecular weight excluding hydrogens is 256 g/mol.